The average Bonchev–Trinajstić information content (AvgIpc) is 2.54. The number of ketones is 1. The average molecular weight is 388 g/mol. The van der Waals surface area contributed by atoms with E-state index in [0.29, 0.717) is 10.0 Å². The molecule has 2 atom stereocenters. The molecule has 0 bridgehead atoms. The maximum Gasteiger partial charge on any atom is 0.434 e. The Morgan fingerprint density at radius 1 is 1.12 bits per heavy atom. The van der Waals surface area contributed by atoms with Gasteiger partial charge in [-0.1, -0.05) is 29.3 Å². The van der Waals surface area contributed by atoms with Gasteiger partial charge in [-0.25, -0.2) is 0 Å². The molecule has 7 heteroatoms. The number of alkyl halides is 3. The van der Waals surface area contributed by atoms with Crippen molar-refractivity contribution in [3.8, 4) is 0 Å². The Bertz CT molecular complexity index is 787. The fourth-order valence-corrected chi connectivity index (χ4v) is 3.94. The first-order valence-electron chi connectivity index (χ1n) is 7.78. The number of carbonyl (C=O) groups excluding carboxylic acids is 1. The summed E-state index contributed by atoms with van der Waals surface area (Å²) in [5.41, 5.74) is -0.741. The van der Waals surface area contributed by atoms with E-state index < -0.39 is 17.7 Å². The molecule has 2 nitrogen and oxygen atoms in total. The number of Topliss-reactive ketones (excluding diaryl/α,β-unsaturated/α-hetero) is 1. The number of pyridine rings is 1. The third kappa shape index (κ3) is 3.67. The molecule has 1 aromatic carbocycles. The molecule has 0 radical (unpaired) electrons. The van der Waals surface area contributed by atoms with E-state index in [9.17, 15) is 18.0 Å². The Kier molecular flexibility index (Phi) is 5.07. The number of hydrogen-bond acceptors (Lipinski definition) is 2. The van der Waals surface area contributed by atoms with E-state index in [1.807, 2.05) is 0 Å². The molecule has 0 unspecified atom stereocenters. The fraction of sp³-hybridized carbons (Fsp3) is 0.333. The van der Waals surface area contributed by atoms with Crippen molar-refractivity contribution >= 4 is 29.0 Å². The largest absolute Gasteiger partial charge is 0.434 e. The van der Waals surface area contributed by atoms with E-state index in [0.717, 1.165) is 24.6 Å². The van der Waals surface area contributed by atoms with Gasteiger partial charge in [0.25, 0.3) is 0 Å². The molecule has 1 heterocycles. The van der Waals surface area contributed by atoms with Crippen molar-refractivity contribution < 1.29 is 18.0 Å². The predicted molar refractivity (Wildman–Crippen MR) is 90.1 cm³/mol. The molecule has 0 amide bonds. The van der Waals surface area contributed by atoms with Crippen molar-refractivity contribution in [3.63, 3.8) is 0 Å². The molecule has 3 rings (SSSR count). The van der Waals surface area contributed by atoms with Crippen molar-refractivity contribution in [1.29, 1.82) is 0 Å². The molecule has 1 aliphatic carbocycles. The maximum absolute atomic E-state index is 13.0. The zero-order valence-corrected chi connectivity index (χ0v) is 14.5. The van der Waals surface area contributed by atoms with Crippen molar-refractivity contribution in [2.75, 3.05) is 0 Å². The minimum Gasteiger partial charge on any atom is -0.294 e. The van der Waals surface area contributed by atoms with Crippen LogP contribution in [0.15, 0.2) is 36.5 Å². The summed E-state index contributed by atoms with van der Waals surface area (Å²) in [6, 6.07) is 7.70. The first-order chi connectivity index (χ1) is 11.8. The number of aromatic nitrogens is 1. The molecular weight excluding hydrogens is 374 g/mol. The van der Waals surface area contributed by atoms with E-state index in [2.05, 4.69) is 4.98 Å². The third-order valence-electron chi connectivity index (χ3n) is 4.61. The van der Waals surface area contributed by atoms with Gasteiger partial charge in [-0.05, 0) is 54.5 Å². The number of benzene rings is 1. The molecule has 0 spiro atoms. The van der Waals surface area contributed by atoms with Crippen LogP contribution in [-0.2, 0) is 6.18 Å². The smallest absolute Gasteiger partial charge is 0.294 e. The van der Waals surface area contributed by atoms with E-state index in [-0.39, 0.29) is 23.8 Å². The quantitative estimate of drug-likeness (QED) is 0.586. The number of nitrogens with zero attached hydrogens (tertiary/aromatic N) is 1. The highest BCUT2D eigenvalue weighted by molar-refractivity contribution is 6.36. The highest BCUT2D eigenvalue weighted by Crippen LogP contribution is 2.49. The van der Waals surface area contributed by atoms with Gasteiger partial charge < -0.3 is 0 Å². The summed E-state index contributed by atoms with van der Waals surface area (Å²) in [5.74, 6) is -0.652. The normalized spacial score (nSPS) is 20.2. The lowest BCUT2D eigenvalue weighted by molar-refractivity contribution is -0.141. The Morgan fingerprint density at radius 3 is 2.36 bits per heavy atom. The number of hydrogen-bond donors (Lipinski definition) is 0. The van der Waals surface area contributed by atoms with Crippen LogP contribution in [0.4, 0.5) is 13.2 Å². The minimum atomic E-state index is -4.66. The highest BCUT2D eigenvalue weighted by Gasteiger charge is 2.40. The van der Waals surface area contributed by atoms with Gasteiger partial charge in [-0.2, -0.15) is 13.2 Å². The van der Waals surface area contributed by atoms with E-state index >= 15 is 0 Å². The summed E-state index contributed by atoms with van der Waals surface area (Å²) in [6.07, 6.45) is -2.05. The monoisotopic (exact) mass is 387 g/mol. The van der Waals surface area contributed by atoms with Crippen LogP contribution < -0.4 is 0 Å². The fourth-order valence-electron chi connectivity index (χ4n) is 3.26. The Balaban J connectivity index is 1.81. The zero-order valence-electron chi connectivity index (χ0n) is 13.0. The maximum atomic E-state index is 13.0. The lowest BCUT2D eigenvalue weighted by Crippen LogP contribution is -2.27. The van der Waals surface area contributed by atoms with Crippen LogP contribution in [0.3, 0.4) is 0 Å². The van der Waals surface area contributed by atoms with Gasteiger partial charge in [0.1, 0.15) is 0 Å². The molecule has 2 aromatic rings. The summed E-state index contributed by atoms with van der Waals surface area (Å²) in [6.45, 7) is 0. The van der Waals surface area contributed by atoms with Gasteiger partial charge in [0.05, 0.1) is 0 Å². The van der Waals surface area contributed by atoms with E-state index in [4.69, 9.17) is 23.2 Å². The van der Waals surface area contributed by atoms with Crippen LogP contribution in [0.2, 0.25) is 10.0 Å². The summed E-state index contributed by atoms with van der Waals surface area (Å²) in [5, 5.41) is 1.04. The second-order valence-corrected chi connectivity index (χ2v) is 6.92. The Labute approximate surface area is 153 Å². The van der Waals surface area contributed by atoms with Gasteiger partial charge in [0, 0.05) is 28.2 Å². The zero-order chi connectivity index (χ0) is 18.2. The van der Waals surface area contributed by atoms with Crippen molar-refractivity contribution in [2.24, 2.45) is 5.92 Å². The van der Waals surface area contributed by atoms with Crippen molar-refractivity contribution in [2.45, 2.75) is 31.4 Å². The van der Waals surface area contributed by atoms with Gasteiger partial charge in [0.15, 0.2) is 11.5 Å². The van der Waals surface area contributed by atoms with Crippen LogP contribution in [0.25, 0.3) is 0 Å². The molecule has 0 saturated heterocycles. The molecule has 0 aliphatic heterocycles. The summed E-state index contributed by atoms with van der Waals surface area (Å²) >= 11 is 12.4. The third-order valence-corrected chi connectivity index (χ3v) is 5.27. The number of halogens is 5. The van der Waals surface area contributed by atoms with Crippen LogP contribution >= 0.6 is 23.2 Å². The molecule has 1 saturated carbocycles. The summed E-state index contributed by atoms with van der Waals surface area (Å²) in [7, 11) is 0. The van der Waals surface area contributed by atoms with Crippen molar-refractivity contribution in [3.05, 3.63) is 63.4 Å². The summed E-state index contributed by atoms with van der Waals surface area (Å²) < 4.78 is 39.1. The van der Waals surface area contributed by atoms with Crippen molar-refractivity contribution in [1.82, 2.24) is 4.98 Å². The Hall–Kier alpha value is -1.59. The van der Waals surface area contributed by atoms with Crippen LogP contribution in [0, 0.1) is 5.92 Å². The topological polar surface area (TPSA) is 30.0 Å². The first-order valence-corrected chi connectivity index (χ1v) is 8.54. The second kappa shape index (κ2) is 6.96. The van der Waals surface area contributed by atoms with Crippen LogP contribution in [-0.4, -0.2) is 10.8 Å². The molecule has 1 aromatic heterocycles. The number of rotatable bonds is 4. The van der Waals surface area contributed by atoms with Gasteiger partial charge >= 0.3 is 6.18 Å². The standard InChI is InChI=1S/C18H14Cl2F3NO/c19-13-4-1-5-14(20)16(13)11-7-6-10(11)9-15(25)12-3-2-8-24-17(12)18(21,22)23/h1-5,8,10-11H,6-7,9H2/t10-,11-/m0/s1. The van der Waals surface area contributed by atoms with Gasteiger partial charge in [-0.3, -0.25) is 9.78 Å². The highest BCUT2D eigenvalue weighted by atomic mass is 35.5. The summed E-state index contributed by atoms with van der Waals surface area (Å²) in [4.78, 5) is 15.8. The van der Waals surface area contributed by atoms with Crippen LogP contribution in [0.5, 0.6) is 0 Å². The van der Waals surface area contributed by atoms with E-state index in [1.54, 1.807) is 18.2 Å². The molecule has 25 heavy (non-hydrogen) atoms. The number of carbonyl (C=O) groups is 1. The first kappa shape index (κ1) is 18.2. The van der Waals surface area contributed by atoms with Gasteiger partial charge in [0.2, 0.25) is 0 Å². The lowest BCUT2D eigenvalue weighted by atomic mass is 9.67. The molecule has 1 aliphatic rings. The molecule has 132 valence electrons. The second-order valence-electron chi connectivity index (χ2n) is 6.10. The predicted octanol–water partition coefficient (Wildman–Crippen LogP) is 6.17. The molecule has 1 fully saturated rings. The van der Waals surface area contributed by atoms with E-state index in [1.165, 1.54) is 12.1 Å². The minimum absolute atomic E-state index is 0.0149. The lowest BCUT2D eigenvalue weighted by Gasteiger charge is -2.37. The Morgan fingerprint density at radius 2 is 1.80 bits per heavy atom. The van der Waals surface area contributed by atoms with Gasteiger partial charge in [-0.15, -0.1) is 0 Å². The molecule has 0 N–H and O–H groups in total. The molecular formula is C18H14Cl2F3NO. The SMILES string of the molecule is O=C(C[C@@H]1CC[C@@H]1c1c(Cl)cccc1Cl)c1cccnc1C(F)(F)F. The van der Waals surface area contributed by atoms with Crippen LogP contribution in [0.1, 0.15) is 46.8 Å².